The topological polar surface area (TPSA) is 45.3 Å². The molecule has 1 amide bonds. The Balaban J connectivity index is 1.67. The molecule has 6 nitrogen and oxygen atoms in total. The Kier molecular flexibility index (Phi) is 8.76. The summed E-state index contributed by atoms with van der Waals surface area (Å²) in [6, 6.07) is 9.08. The molecule has 31 heavy (non-hydrogen) atoms. The van der Waals surface area contributed by atoms with Crippen LogP contribution in [-0.2, 0) is 16.1 Å². The summed E-state index contributed by atoms with van der Waals surface area (Å²) in [4.78, 5) is 20.0. The minimum atomic E-state index is 0.0135. The molecule has 0 bridgehead atoms. The molecule has 0 saturated carbocycles. The molecular weight excluding hydrogens is 390 g/mol. The maximum Gasteiger partial charge on any atom is 0.236 e. The molecular formula is C25H41N3O3. The number of hydrogen-bond donors (Lipinski definition) is 0. The first-order chi connectivity index (χ1) is 14.9. The first-order valence-corrected chi connectivity index (χ1v) is 11.9. The quantitative estimate of drug-likeness (QED) is 0.632. The predicted molar refractivity (Wildman–Crippen MR) is 124 cm³/mol. The molecule has 2 fully saturated rings. The minimum Gasteiger partial charge on any atom is -0.497 e. The van der Waals surface area contributed by atoms with Gasteiger partial charge in [0.05, 0.1) is 26.4 Å². The fourth-order valence-electron chi connectivity index (χ4n) is 4.75. The Morgan fingerprint density at radius 2 is 1.84 bits per heavy atom. The van der Waals surface area contributed by atoms with Crippen molar-refractivity contribution in [2.75, 3.05) is 46.4 Å². The van der Waals surface area contributed by atoms with Crippen molar-refractivity contribution < 1.29 is 14.3 Å². The molecule has 2 saturated heterocycles. The second kappa shape index (κ2) is 11.3. The number of ether oxygens (including phenoxy) is 2. The van der Waals surface area contributed by atoms with Crippen molar-refractivity contribution >= 4 is 5.91 Å². The second-order valence-corrected chi connectivity index (χ2v) is 9.77. The summed E-state index contributed by atoms with van der Waals surface area (Å²) < 4.78 is 11.7. The highest BCUT2D eigenvalue weighted by atomic mass is 16.5. The first-order valence-electron chi connectivity index (χ1n) is 11.9. The number of methoxy groups -OCH3 is 1. The second-order valence-electron chi connectivity index (χ2n) is 9.77. The Hall–Kier alpha value is -1.63. The molecule has 0 unspecified atom stereocenters. The summed E-state index contributed by atoms with van der Waals surface area (Å²) in [5.74, 6) is 1.54. The lowest BCUT2D eigenvalue weighted by Gasteiger charge is -2.39. The van der Waals surface area contributed by atoms with Crippen LogP contribution >= 0.6 is 0 Å². The van der Waals surface area contributed by atoms with Crippen LogP contribution < -0.4 is 4.74 Å². The van der Waals surface area contributed by atoms with Gasteiger partial charge in [-0.3, -0.25) is 9.69 Å². The summed E-state index contributed by atoms with van der Waals surface area (Å²) in [6.45, 7) is 14.4. The molecule has 1 aromatic rings. The van der Waals surface area contributed by atoms with E-state index in [-0.39, 0.29) is 12.0 Å². The van der Waals surface area contributed by atoms with Crippen LogP contribution in [0, 0.1) is 5.92 Å². The van der Waals surface area contributed by atoms with E-state index in [0.717, 1.165) is 50.3 Å². The number of carbonyl (C=O) groups is 1. The van der Waals surface area contributed by atoms with Crippen LogP contribution in [0.1, 0.15) is 46.1 Å². The number of amides is 1. The number of rotatable bonds is 8. The molecule has 174 valence electrons. The Labute approximate surface area is 188 Å². The molecule has 2 aliphatic heterocycles. The third-order valence-corrected chi connectivity index (χ3v) is 6.50. The Morgan fingerprint density at radius 1 is 1.10 bits per heavy atom. The van der Waals surface area contributed by atoms with Gasteiger partial charge >= 0.3 is 0 Å². The van der Waals surface area contributed by atoms with Gasteiger partial charge in [0.25, 0.3) is 0 Å². The van der Waals surface area contributed by atoms with E-state index in [1.54, 1.807) is 7.11 Å². The van der Waals surface area contributed by atoms with Gasteiger partial charge in [-0.2, -0.15) is 0 Å². The van der Waals surface area contributed by atoms with Gasteiger partial charge in [0.1, 0.15) is 5.75 Å². The fourth-order valence-corrected chi connectivity index (χ4v) is 4.75. The highest BCUT2D eigenvalue weighted by Crippen LogP contribution is 2.22. The van der Waals surface area contributed by atoms with Gasteiger partial charge in [0.2, 0.25) is 5.91 Å². The van der Waals surface area contributed by atoms with Crippen molar-refractivity contribution in [3.8, 4) is 5.75 Å². The molecule has 0 spiro atoms. The zero-order valence-corrected chi connectivity index (χ0v) is 20.0. The number of likely N-dealkylation sites (tertiary alicyclic amines) is 1. The Morgan fingerprint density at radius 3 is 2.48 bits per heavy atom. The summed E-state index contributed by atoms with van der Waals surface area (Å²) in [7, 11) is 1.68. The maximum atomic E-state index is 13.1. The van der Waals surface area contributed by atoms with Gasteiger partial charge in [0.15, 0.2) is 0 Å². The maximum absolute atomic E-state index is 13.1. The minimum absolute atomic E-state index is 0.0135. The van der Waals surface area contributed by atoms with Crippen molar-refractivity contribution in [2.24, 2.45) is 5.92 Å². The standard InChI is InChI=1S/C25H41N3O3/c1-19(2)14-28-16-24(31-18-21-7-6-8-23(13-21)30-5)15-27(17-25(28)29)22-9-11-26(12-10-22)20(3)4/h6-8,13,19-20,22,24H,9-12,14-18H2,1-5H3/t24-/m1/s1. The zero-order chi connectivity index (χ0) is 22.4. The van der Waals surface area contributed by atoms with Crippen LogP contribution in [-0.4, -0.2) is 85.2 Å². The van der Waals surface area contributed by atoms with E-state index >= 15 is 0 Å². The first kappa shape index (κ1) is 24.0. The van der Waals surface area contributed by atoms with Crippen LogP contribution in [0.4, 0.5) is 0 Å². The van der Waals surface area contributed by atoms with E-state index < -0.39 is 0 Å². The van der Waals surface area contributed by atoms with Crippen molar-refractivity contribution in [1.82, 2.24) is 14.7 Å². The molecule has 0 N–H and O–H groups in total. The van der Waals surface area contributed by atoms with Gasteiger partial charge in [-0.15, -0.1) is 0 Å². The van der Waals surface area contributed by atoms with Crippen molar-refractivity contribution in [3.05, 3.63) is 29.8 Å². The monoisotopic (exact) mass is 431 g/mol. The van der Waals surface area contributed by atoms with Gasteiger partial charge in [-0.1, -0.05) is 26.0 Å². The summed E-state index contributed by atoms with van der Waals surface area (Å²) in [5.41, 5.74) is 1.10. The molecule has 1 aromatic carbocycles. The lowest BCUT2D eigenvalue weighted by atomic mass is 10.0. The highest BCUT2D eigenvalue weighted by molar-refractivity contribution is 5.78. The average Bonchev–Trinajstić information content (AvgIpc) is 2.91. The molecule has 2 heterocycles. The highest BCUT2D eigenvalue weighted by Gasteiger charge is 2.34. The van der Waals surface area contributed by atoms with E-state index in [0.29, 0.717) is 37.7 Å². The van der Waals surface area contributed by atoms with E-state index in [4.69, 9.17) is 9.47 Å². The molecule has 0 radical (unpaired) electrons. The van der Waals surface area contributed by atoms with Gasteiger partial charge in [-0.25, -0.2) is 0 Å². The van der Waals surface area contributed by atoms with E-state index in [2.05, 4.69) is 43.6 Å². The Bertz CT molecular complexity index is 701. The van der Waals surface area contributed by atoms with Crippen LogP contribution in [0.15, 0.2) is 24.3 Å². The van der Waals surface area contributed by atoms with Crippen LogP contribution in [0.5, 0.6) is 5.75 Å². The third-order valence-electron chi connectivity index (χ3n) is 6.50. The normalized spacial score (nSPS) is 22.4. The molecule has 0 aliphatic carbocycles. The molecule has 2 aliphatic rings. The summed E-state index contributed by atoms with van der Waals surface area (Å²) in [5, 5.41) is 0. The number of hydrogen-bond acceptors (Lipinski definition) is 5. The molecule has 3 rings (SSSR count). The predicted octanol–water partition coefficient (Wildman–Crippen LogP) is 3.25. The summed E-state index contributed by atoms with van der Waals surface area (Å²) in [6.07, 6.45) is 2.26. The van der Waals surface area contributed by atoms with Crippen LogP contribution in [0.3, 0.4) is 0 Å². The van der Waals surface area contributed by atoms with Crippen LogP contribution in [0.2, 0.25) is 0 Å². The van der Waals surface area contributed by atoms with E-state index in [1.807, 2.05) is 23.1 Å². The molecule has 0 aromatic heterocycles. The zero-order valence-electron chi connectivity index (χ0n) is 20.0. The summed E-state index contributed by atoms with van der Waals surface area (Å²) >= 11 is 0. The largest absolute Gasteiger partial charge is 0.497 e. The molecule has 1 atom stereocenters. The van der Waals surface area contributed by atoms with E-state index in [1.165, 1.54) is 0 Å². The van der Waals surface area contributed by atoms with Gasteiger partial charge in [-0.05, 0) is 63.4 Å². The van der Waals surface area contributed by atoms with Crippen molar-refractivity contribution in [1.29, 1.82) is 0 Å². The van der Waals surface area contributed by atoms with Crippen molar-refractivity contribution in [3.63, 3.8) is 0 Å². The molecule has 6 heteroatoms. The lowest BCUT2D eigenvalue weighted by molar-refractivity contribution is -0.132. The smallest absolute Gasteiger partial charge is 0.236 e. The number of piperidine rings is 1. The van der Waals surface area contributed by atoms with Gasteiger partial charge < -0.3 is 19.3 Å². The third kappa shape index (κ3) is 6.93. The van der Waals surface area contributed by atoms with E-state index in [9.17, 15) is 4.79 Å². The lowest BCUT2D eigenvalue weighted by Crippen LogP contribution is -2.49. The van der Waals surface area contributed by atoms with Crippen LogP contribution in [0.25, 0.3) is 0 Å². The number of carbonyl (C=O) groups excluding carboxylic acids is 1. The van der Waals surface area contributed by atoms with Crippen molar-refractivity contribution in [2.45, 2.75) is 65.3 Å². The average molecular weight is 432 g/mol. The number of benzene rings is 1. The van der Waals surface area contributed by atoms with Gasteiger partial charge in [0, 0.05) is 31.7 Å². The fraction of sp³-hybridized carbons (Fsp3) is 0.720. The number of nitrogens with zero attached hydrogens (tertiary/aromatic N) is 3. The SMILES string of the molecule is COc1cccc(CO[C@H]2CN(CC(C)C)C(=O)CN(C3CCN(C(C)C)CC3)C2)c1.